The van der Waals surface area contributed by atoms with E-state index < -0.39 is 0 Å². The molecule has 3 rings (SSSR count). The molecule has 104 valence electrons. The Kier molecular flexibility index (Phi) is 3.50. The van der Waals surface area contributed by atoms with Gasteiger partial charge >= 0.3 is 0 Å². The van der Waals surface area contributed by atoms with Crippen LogP contribution in [0.15, 0.2) is 45.3 Å². The van der Waals surface area contributed by atoms with Crippen LogP contribution in [-0.2, 0) is 6.42 Å². The van der Waals surface area contributed by atoms with Gasteiger partial charge in [-0.15, -0.1) is 0 Å². The molecular formula is C14H16N4OS. The van der Waals surface area contributed by atoms with Crippen LogP contribution in [0.4, 0.5) is 0 Å². The third-order valence-electron chi connectivity index (χ3n) is 2.89. The lowest BCUT2D eigenvalue weighted by Gasteiger charge is -2.06. The molecule has 0 aromatic carbocycles. The number of rotatable bonds is 4. The van der Waals surface area contributed by atoms with Crippen LogP contribution in [-0.4, -0.2) is 20.4 Å². The molecule has 0 aliphatic heterocycles. The zero-order valence-corrected chi connectivity index (χ0v) is 12.2. The maximum Gasteiger partial charge on any atom is 0.262 e. The number of hydrogen-bond donors (Lipinski definition) is 1. The summed E-state index contributed by atoms with van der Waals surface area (Å²) < 4.78 is 7.47. The molecular weight excluding hydrogens is 272 g/mol. The van der Waals surface area contributed by atoms with Crippen LogP contribution in [0.3, 0.4) is 0 Å². The first-order valence-electron chi connectivity index (χ1n) is 6.45. The van der Waals surface area contributed by atoms with Gasteiger partial charge in [0.25, 0.3) is 5.22 Å². The minimum absolute atomic E-state index is 0.0701. The molecule has 5 nitrogen and oxygen atoms in total. The van der Waals surface area contributed by atoms with E-state index in [1.807, 2.05) is 38.2 Å². The number of oxazole rings is 1. The molecule has 1 atom stereocenters. The first kappa shape index (κ1) is 13.2. The van der Waals surface area contributed by atoms with Crippen molar-refractivity contribution < 1.29 is 4.42 Å². The van der Waals surface area contributed by atoms with Gasteiger partial charge in [-0.05, 0) is 37.7 Å². The largest absolute Gasteiger partial charge is 0.439 e. The number of aromatic nitrogens is 3. The molecule has 3 aromatic heterocycles. The fourth-order valence-electron chi connectivity index (χ4n) is 2.06. The van der Waals surface area contributed by atoms with Crippen molar-refractivity contribution in [3.63, 3.8) is 0 Å². The number of nitrogens with two attached hydrogens (primary N) is 1. The maximum absolute atomic E-state index is 5.95. The average Bonchev–Trinajstić information content (AvgIpc) is 2.95. The van der Waals surface area contributed by atoms with Gasteiger partial charge in [-0.3, -0.25) is 0 Å². The van der Waals surface area contributed by atoms with E-state index in [2.05, 4.69) is 14.4 Å². The van der Waals surface area contributed by atoms with E-state index in [0.29, 0.717) is 5.22 Å². The summed E-state index contributed by atoms with van der Waals surface area (Å²) in [5.41, 5.74) is 8.82. The lowest BCUT2D eigenvalue weighted by atomic mass is 10.2. The molecule has 0 amide bonds. The Morgan fingerprint density at radius 1 is 1.40 bits per heavy atom. The van der Waals surface area contributed by atoms with Crippen molar-refractivity contribution in [2.75, 3.05) is 0 Å². The van der Waals surface area contributed by atoms with Gasteiger partial charge in [0.05, 0.1) is 11.4 Å². The Morgan fingerprint density at radius 2 is 2.25 bits per heavy atom. The summed E-state index contributed by atoms with van der Waals surface area (Å²) in [6.07, 6.45) is 4.40. The molecule has 1 unspecified atom stereocenters. The number of fused-ring (bicyclic) bond motifs is 1. The van der Waals surface area contributed by atoms with E-state index in [1.165, 1.54) is 11.8 Å². The number of pyridine rings is 1. The molecule has 0 spiro atoms. The Labute approximate surface area is 121 Å². The molecule has 0 aliphatic carbocycles. The highest BCUT2D eigenvalue weighted by molar-refractivity contribution is 7.99. The van der Waals surface area contributed by atoms with E-state index in [1.54, 1.807) is 6.26 Å². The summed E-state index contributed by atoms with van der Waals surface area (Å²) in [5.74, 6) is 0. The van der Waals surface area contributed by atoms with Gasteiger partial charge in [-0.25, -0.2) is 9.97 Å². The molecule has 0 saturated carbocycles. The maximum atomic E-state index is 5.95. The summed E-state index contributed by atoms with van der Waals surface area (Å²) in [6.45, 7) is 3.90. The second-order valence-electron chi connectivity index (χ2n) is 4.83. The summed E-state index contributed by atoms with van der Waals surface area (Å²) in [4.78, 5) is 8.95. The van der Waals surface area contributed by atoms with Crippen LogP contribution < -0.4 is 5.73 Å². The lowest BCUT2D eigenvalue weighted by Crippen LogP contribution is -2.19. The van der Waals surface area contributed by atoms with Crippen molar-refractivity contribution >= 4 is 17.4 Å². The fraction of sp³-hybridized carbons (Fsp3) is 0.286. The van der Waals surface area contributed by atoms with E-state index in [-0.39, 0.29) is 6.04 Å². The lowest BCUT2D eigenvalue weighted by molar-refractivity contribution is 0.453. The molecule has 6 heteroatoms. The zero-order valence-electron chi connectivity index (χ0n) is 11.4. The first-order chi connectivity index (χ1) is 9.63. The van der Waals surface area contributed by atoms with E-state index in [0.717, 1.165) is 28.5 Å². The van der Waals surface area contributed by atoms with Crippen molar-refractivity contribution in [3.8, 4) is 0 Å². The average molecular weight is 288 g/mol. The smallest absolute Gasteiger partial charge is 0.262 e. The first-order valence-corrected chi connectivity index (χ1v) is 7.26. The van der Waals surface area contributed by atoms with Crippen LogP contribution in [0.2, 0.25) is 0 Å². The van der Waals surface area contributed by atoms with Gasteiger partial charge < -0.3 is 14.6 Å². The molecule has 0 saturated heterocycles. The van der Waals surface area contributed by atoms with Gasteiger partial charge in [-0.2, -0.15) is 0 Å². The van der Waals surface area contributed by atoms with Gasteiger partial charge in [0, 0.05) is 18.7 Å². The van der Waals surface area contributed by atoms with E-state index in [4.69, 9.17) is 10.2 Å². The minimum Gasteiger partial charge on any atom is -0.439 e. The standard InChI is InChI=1S/C14H16N4OS/c1-9(15)7-11-13(20-14-16-10(2)8-19-14)17-12-5-3-4-6-18(11)12/h3-6,8-9H,7,15H2,1-2H3. The van der Waals surface area contributed by atoms with Crippen LogP contribution >= 0.6 is 11.8 Å². The summed E-state index contributed by atoms with van der Waals surface area (Å²) >= 11 is 1.44. The van der Waals surface area contributed by atoms with Crippen LogP contribution in [0, 0.1) is 6.92 Å². The van der Waals surface area contributed by atoms with Gasteiger partial charge in [0.15, 0.2) is 0 Å². The molecule has 0 fully saturated rings. The van der Waals surface area contributed by atoms with Crippen LogP contribution in [0.1, 0.15) is 18.3 Å². The molecule has 0 radical (unpaired) electrons. The van der Waals surface area contributed by atoms with Crippen molar-refractivity contribution in [2.45, 2.75) is 36.6 Å². The van der Waals surface area contributed by atoms with Crippen LogP contribution in [0.5, 0.6) is 0 Å². The van der Waals surface area contributed by atoms with Crippen molar-refractivity contribution in [1.82, 2.24) is 14.4 Å². The Balaban J connectivity index is 2.04. The van der Waals surface area contributed by atoms with Crippen molar-refractivity contribution in [3.05, 3.63) is 42.0 Å². The SMILES string of the molecule is Cc1coc(Sc2nc3ccccn3c2CC(C)N)n1. The third-order valence-corrected chi connectivity index (χ3v) is 3.77. The van der Waals surface area contributed by atoms with Crippen molar-refractivity contribution in [2.24, 2.45) is 5.73 Å². The van der Waals surface area contributed by atoms with Crippen molar-refractivity contribution in [1.29, 1.82) is 0 Å². The predicted molar refractivity (Wildman–Crippen MR) is 77.9 cm³/mol. The quantitative estimate of drug-likeness (QED) is 0.799. The highest BCUT2D eigenvalue weighted by atomic mass is 32.2. The second kappa shape index (κ2) is 5.30. The molecule has 0 aliphatic rings. The third kappa shape index (κ3) is 2.57. The Bertz CT molecular complexity index is 732. The Hall–Kier alpha value is -1.79. The second-order valence-corrected chi connectivity index (χ2v) is 5.77. The van der Waals surface area contributed by atoms with Gasteiger partial charge in [0.1, 0.15) is 16.9 Å². The monoisotopic (exact) mass is 288 g/mol. The molecule has 20 heavy (non-hydrogen) atoms. The summed E-state index contributed by atoms with van der Waals surface area (Å²) in [6, 6.07) is 6.01. The zero-order chi connectivity index (χ0) is 14.1. The predicted octanol–water partition coefficient (Wildman–Crippen LogP) is 2.67. The highest BCUT2D eigenvalue weighted by Gasteiger charge is 2.16. The number of nitrogens with zero attached hydrogens (tertiary/aromatic N) is 3. The number of aryl methyl sites for hydroxylation is 1. The Morgan fingerprint density at radius 3 is 2.95 bits per heavy atom. The van der Waals surface area contributed by atoms with E-state index in [9.17, 15) is 0 Å². The molecule has 0 bridgehead atoms. The summed E-state index contributed by atoms with van der Waals surface area (Å²) in [5, 5.41) is 1.51. The van der Waals surface area contributed by atoms with Crippen LogP contribution in [0.25, 0.3) is 5.65 Å². The normalized spacial score (nSPS) is 12.9. The molecule has 3 heterocycles. The highest BCUT2D eigenvalue weighted by Crippen LogP contribution is 2.30. The van der Waals surface area contributed by atoms with Gasteiger partial charge in [0.2, 0.25) is 0 Å². The number of imidazole rings is 1. The topological polar surface area (TPSA) is 69.3 Å². The molecule has 2 N–H and O–H groups in total. The van der Waals surface area contributed by atoms with Gasteiger partial charge in [-0.1, -0.05) is 6.07 Å². The number of hydrogen-bond acceptors (Lipinski definition) is 5. The fourth-order valence-corrected chi connectivity index (χ4v) is 2.95. The summed E-state index contributed by atoms with van der Waals surface area (Å²) in [7, 11) is 0. The minimum atomic E-state index is 0.0701. The van der Waals surface area contributed by atoms with E-state index >= 15 is 0 Å². The molecule has 3 aromatic rings.